The molecule has 1 fully saturated rings. The average molecular weight is 228 g/mol. The van der Waals surface area contributed by atoms with Crippen molar-refractivity contribution in [3.05, 3.63) is 0 Å². The zero-order valence-electron chi connectivity index (χ0n) is 11.1. The minimum Gasteiger partial charge on any atom is -0.390 e. The Morgan fingerprint density at radius 3 is 2.56 bits per heavy atom. The summed E-state index contributed by atoms with van der Waals surface area (Å²) in [5, 5.41) is 9.56. The molecule has 16 heavy (non-hydrogen) atoms. The topological polar surface area (TPSA) is 49.5 Å². The second kappa shape index (κ2) is 5.99. The molecule has 1 rings (SSSR count). The lowest BCUT2D eigenvalue weighted by Crippen LogP contribution is -2.37. The average Bonchev–Trinajstić information content (AvgIpc) is 2.42. The molecule has 0 aromatic heterocycles. The van der Waals surface area contributed by atoms with E-state index in [9.17, 15) is 5.11 Å². The molecule has 96 valence electrons. The summed E-state index contributed by atoms with van der Waals surface area (Å²) in [4.78, 5) is 2.36. The van der Waals surface area contributed by atoms with Crippen molar-refractivity contribution >= 4 is 0 Å². The van der Waals surface area contributed by atoms with Gasteiger partial charge in [0, 0.05) is 13.1 Å². The van der Waals surface area contributed by atoms with Gasteiger partial charge in [0.05, 0.1) is 6.10 Å². The molecule has 0 spiro atoms. The lowest BCUT2D eigenvalue weighted by molar-refractivity contribution is 0.118. The van der Waals surface area contributed by atoms with Gasteiger partial charge in [-0.05, 0) is 43.7 Å². The van der Waals surface area contributed by atoms with Crippen molar-refractivity contribution in [1.82, 2.24) is 4.90 Å². The molecular weight excluding hydrogens is 200 g/mol. The Kier molecular flexibility index (Phi) is 5.22. The van der Waals surface area contributed by atoms with E-state index in [1.54, 1.807) is 0 Å². The molecule has 1 saturated heterocycles. The molecule has 1 aliphatic rings. The first-order valence-electron chi connectivity index (χ1n) is 6.54. The highest BCUT2D eigenvalue weighted by atomic mass is 16.3. The van der Waals surface area contributed by atoms with E-state index in [2.05, 4.69) is 25.7 Å². The van der Waals surface area contributed by atoms with Crippen molar-refractivity contribution < 1.29 is 5.11 Å². The Balaban J connectivity index is 2.40. The van der Waals surface area contributed by atoms with Crippen LogP contribution in [0.3, 0.4) is 0 Å². The third kappa shape index (κ3) is 4.40. The van der Waals surface area contributed by atoms with Crippen LogP contribution in [0.2, 0.25) is 0 Å². The van der Waals surface area contributed by atoms with Crippen molar-refractivity contribution in [3.63, 3.8) is 0 Å². The molecule has 0 aromatic carbocycles. The third-order valence-electron chi connectivity index (χ3n) is 3.79. The summed E-state index contributed by atoms with van der Waals surface area (Å²) in [6.07, 6.45) is 3.46. The maximum atomic E-state index is 9.56. The Morgan fingerprint density at radius 2 is 2.00 bits per heavy atom. The number of aliphatic hydroxyl groups excluding tert-OH is 1. The minimum atomic E-state index is -0.355. The summed E-state index contributed by atoms with van der Waals surface area (Å²) >= 11 is 0. The first-order valence-corrected chi connectivity index (χ1v) is 6.54. The van der Waals surface area contributed by atoms with Crippen molar-refractivity contribution in [2.75, 3.05) is 26.2 Å². The molecule has 2 atom stereocenters. The normalized spacial score (nSPS) is 26.4. The number of hydrogen-bond donors (Lipinski definition) is 2. The van der Waals surface area contributed by atoms with Gasteiger partial charge in [-0.15, -0.1) is 0 Å². The molecular formula is C13H28N2O. The number of aliphatic hydroxyl groups is 1. The Bertz CT molecular complexity index is 201. The fraction of sp³-hybridized carbons (Fsp3) is 1.00. The summed E-state index contributed by atoms with van der Waals surface area (Å²) in [6, 6.07) is 0. The molecule has 0 bridgehead atoms. The Hall–Kier alpha value is -0.120. The second-order valence-corrected chi connectivity index (χ2v) is 6.18. The van der Waals surface area contributed by atoms with Gasteiger partial charge in [0.2, 0.25) is 0 Å². The molecule has 2 unspecified atom stereocenters. The molecule has 3 N–H and O–H groups in total. The molecule has 0 aromatic rings. The molecule has 3 nitrogen and oxygen atoms in total. The van der Waals surface area contributed by atoms with E-state index in [0.717, 1.165) is 25.6 Å². The van der Waals surface area contributed by atoms with Crippen LogP contribution in [0.1, 0.15) is 40.0 Å². The lowest BCUT2D eigenvalue weighted by atomic mass is 9.77. The van der Waals surface area contributed by atoms with E-state index < -0.39 is 0 Å². The first kappa shape index (κ1) is 13.9. The standard InChI is InChI=1S/C13H28N2O/c1-13(2,3)11-5-4-7-15(8-6-11)10-12(16)9-14/h11-12,16H,4-10,14H2,1-3H3. The molecule has 3 heteroatoms. The molecule has 0 radical (unpaired) electrons. The van der Waals surface area contributed by atoms with Crippen molar-refractivity contribution in [2.24, 2.45) is 17.1 Å². The van der Waals surface area contributed by atoms with Crippen LogP contribution in [0, 0.1) is 11.3 Å². The molecule has 1 aliphatic heterocycles. The van der Waals surface area contributed by atoms with Crippen LogP contribution in [-0.4, -0.2) is 42.3 Å². The van der Waals surface area contributed by atoms with E-state index in [-0.39, 0.29) is 6.10 Å². The Morgan fingerprint density at radius 1 is 1.31 bits per heavy atom. The van der Waals surface area contributed by atoms with Crippen LogP contribution in [0.15, 0.2) is 0 Å². The van der Waals surface area contributed by atoms with Gasteiger partial charge in [-0.3, -0.25) is 0 Å². The highest BCUT2D eigenvalue weighted by Gasteiger charge is 2.27. The van der Waals surface area contributed by atoms with Crippen LogP contribution in [0.5, 0.6) is 0 Å². The van der Waals surface area contributed by atoms with Gasteiger partial charge in [-0.2, -0.15) is 0 Å². The maximum Gasteiger partial charge on any atom is 0.0789 e. The maximum absolute atomic E-state index is 9.56. The number of hydrogen-bond acceptors (Lipinski definition) is 3. The van der Waals surface area contributed by atoms with E-state index in [4.69, 9.17) is 5.73 Å². The number of rotatable bonds is 3. The predicted octanol–water partition coefficient (Wildman–Crippen LogP) is 1.45. The van der Waals surface area contributed by atoms with Gasteiger partial charge in [-0.25, -0.2) is 0 Å². The quantitative estimate of drug-likeness (QED) is 0.769. The minimum absolute atomic E-state index is 0.355. The SMILES string of the molecule is CC(C)(C)C1CCCN(CC(O)CN)CC1. The van der Waals surface area contributed by atoms with Gasteiger partial charge >= 0.3 is 0 Å². The van der Waals surface area contributed by atoms with E-state index in [1.807, 2.05) is 0 Å². The van der Waals surface area contributed by atoms with Crippen molar-refractivity contribution in [1.29, 1.82) is 0 Å². The number of β-amino-alcohol motifs (C(OH)–C–C–N with tert-alkyl or cyclic N) is 1. The van der Waals surface area contributed by atoms with Gasteiger partial charge in [0.15, 0.2) is 0 Å². The first-order chi connectivity index (χ1) is 7.43. The summed E-state index contributed by atoms with van der Waals surface area (Å²) < 4.78 is 0. The van der Waals surface area contributed by atoms with Gasteiger partial charge in [0.1, 0.15) is 0 Å². The fourth-order valence-electron chi connectivity index (χ4n) is 2.58. The number of nitrogens with zero attached hydrogens (tertiary/aromatic N) is 1. The van der Waals surface area contributed by atoms with E-state index in [0.29, 0.717) is 12.0 Å². The van der Waals surface area contributed by atoms with Gasteiger partial charge < -0.3 is 15.7 Å². The summed E-state index contributed by atoms with van der Waals surface area (Å²) in [5.41, 5.74) is 5.87. The Labute approximate surface area is 100 Å². The molecule has 1 heterocycles. The zero-order chi connectivity index (χ0) is 12.2. The molecule has 0 aliphatic carbocycles. The van der Waals surface area contributed by atoms with Crippen LogP contribution >= 0.6 is 0 Å². The van der Waals surface area contributed by atoms with Crippen molar-refractivity contribution in [2.45, 2.75) is 46.1 Å². The third-order valence-corrected chi connectivity index (χ3v) is 3.79. The number of likely N-dealkylation sites (tertiary alicyclic amines) is 1. The van der Waals surface area contributed by atoms with Crippen LogP contribution in [0.4, 0.5) is 0 Å². The fourth-order valence-corrected chi connectivity index (χ4v) is 2.58. The number of nitrogens with two attached hydrogens (primary N) is 1. The highest BCUT2D eigenvalue weighted by molar-refractivity contribution is 4.79. The smallest absolute Gasteiger partial charge is 0.0789 e. The molecule has 0 saturated carbocycles. The second-order valence-electron chi connectivity index (χ2n) is 6.18. The van der Waals surface area contributed by atoms with Crippen molar-refractivity contribution in [3.8, 4) is 0 Å². The van der Waals surface area contributed by atoms with Gasteiger partial charge in [-0.1, -0.05) is 20.8 Å². The van der Waals surface area contributed by atoms with Crippen LogP contribution < -0.4 is 5.73 Å². The predicted molar refractivity (Wildman–Crippen MR) is 68.3 cm³/mol. The summed E-state index contributed by atoms with van der Waals surface area (Å²) in [6.45, 7) is 10.3. The monoisotopic (exact) mass is 228 g/mol. The van der Waals surface area contributed by atoms with Gasteiger partial charge in [0.25, 0.3) is 0 Å². The lowest BCUT2D eigenvalue weighted by Gasteiger charge is -2.30. The largest absolute Gasteiger partial charge is 0.390 e. The molecule has 0 amide bonds. The highest BCUT2D eigenvalue weighted by Crippen LogP contribution is 2.34. The zero-order valence-corrected chi connectivity index (χ0v) is 11.1. The van der Waals surface area contributed by atoms with E-state index in [1.165, 1.54) is 19.3 Å². The summed E-state index contributed by atoms with van der Waals surface area (Å²) in [5.74, 6) is 0.813. The van der Waals surface area contributed by atoms with Crippen LogP contribution in [-0.2, 0) is 0 Å². The summed E-state index contributed by atoms with van der Waals surface area (Å²) in [7, 11) is 0. The van der Waals surface area contributed by atoms with E-state index >= 15 is 0 Å². The van der Waals surface area contributed by atoms with Crippen LogP contribution in [0.25, 0.3) is 0 Å².